The van der Waals surface area contributed by atoms with E-state index in [0.29, 0.717) is 5.56 Å². The van der Waals surface area contributed by atoms with E-state index in [-0.39, 0.29) is 16.4 Å². The Morgan fingerprint density at radius 2 is 1.52 bits per heavy atom. The Morgan fingerprint density at radius 1 is 1.00 bits per heavy atom. The van der Waals surface area contributed by atoms with E-state index in [1.807, 2.05) is 50.2 Å². The van der Waals surface area contributed by atoms with Gasteiger partial charge in [-0.3, -0.25) is 4.79 Å². The van der Waals surface area contributed by atoms with Crippen molar-refractivity contribution in [3.63, 3.8) is 0 Å². The molecule has 0 aliphatic carbocycles. The smallest absolute Gasteiger partial charge is 0.255 e. The Kier molecular flexibility index (Phi) is 5.48. The number of nitrogens with two attached hydrogens (primary N) is 1. The maximum atomic E-state index is 12.6. The Hall–Kier alpha value is -2.40. The summed E-state index contributed by atoms with van der Waals surface area (Å²) in [6.45, 7) is 10.3. The number of aryl methyl sites for hydroxylation is 2. The van der Waals surface area contributed by atoms with E-state index in [0.717, 1.165) is 22.5 Å². The number of anilines is 2. The number of carbonyl (C=O) groups is 1. The van der Waals surface area contributed by atoms with Gasteiger partial charge in [-0.25, -0.2) is 0 Å². The zero-order valence-corrected chi connectivity index (χ0v) is 16.2. The van der Waals surface area contributed by atoms with Crippen LogP contribution in [0, 0.1) is 13.8 Å². The molecule has 5 heteroatoms. The fourth-order valence-electron chi connectivity index (χ4n) is 2.68. The van der Waals surface area contributed by atoms with E-state index < -0.39 is 0 Å². The third-order valence-corrected chi connectivity index (χ3v) is 4.15. The monoisotopic (exact) mass is 355 g/mol. The summed E-state index contributed by atoms with van der Waals surface area (Å²) in [5, 5.41) is 6.14. The summed E-state index contributed by atoms with van der Waals surface area (Å²) in [4.78, 5) is 12.6. The van der Waals surface area contributed by atoms with Crippen LogP contribution in [0.5, 0.6) is 0 Å². The molecule has 25 heavy (non-hydrogen) atoms. The summed E-state index contributed by atoms with van der Waals surface area (Å²) in [7, 11) is 0. The molecule has 1 amide bonds. The molecule has 4 N–H and O–H groups in total. The van der Waals surface area contributed by atoms with Gasteiger partial charge >= 0.3 is 0 Å². The minimum Gasteiger partial charge on any atom is -0.376 e. The molecule has 2 aromatic carbocycles. The molecule has 4 nitrogen and oxygen atoms in total. The van der Waals surface area contributed by atoms with Gasteiger partial charge in [0, 0.05) is 16.9 Å². The van der Waals surface area contributed by atoms with E-state index in [1.165, 1.54) is 5.56 Å². The topological polar surface area (TPSA) is 67.2 Å². The normalized spacial score (nSPS) is 11.1. The lowest BCUT2D eigenvalue weighted by atomic mass is 9.86. The van der Waals surface area contributed by atoms with Crippen molar-refractivity contribution in [1.82, 2.24) is 0 Å². The van der Waals surface area contributed by atoms with Gasteiger partial charge in [-0.05, 0) is 72.4 Å². The minimum absolute atomic E-state index is 0.0641. The maximum absolute atomic E-state index is 12.6. The quantitative estimate of drug-likeness (QED) is 0.709. The SMILES string of the molecule is Cc1cc(NC(N)=S)cc(C)c1NC(=O)c1ccc(C(C)(C)C)cc1. The zero-order chi connectivity index (χ0) is 18.8. The molecule has 2 aromatic rings. The number of thiocarbonyl (C=S) groups is 1. The molecule has 0 fully saturated rings. The van der Waals surface area contributed by atoms with Crippen molar-refractivity contribution in [2.24, 2.45) is 5.73 Å². The van der Waals surface area contributed by atoms with Crippen molar-refractivity contribution in [2.75, 3.05) is 10.6 Å². The summed E-state index contributed by atoms with van der Waals surface area (Å²) in [5.41, 5.74) is 10.9. The highest BCUT2D eigenvalue weighted by molar-refractivity contribution is 7.80. The molecule has 0 aromatic heterocycles. The first-order chi connectivity index (χ1) is 11.6. The van der Waals surface area contributed by atoms with E-state index in [4.69, 9.17) is 18.0 Å². The number of rotatable bonds is 3. The Morgan fingerprint density at radius 3 is 1.96 bits per heavy atom. The van der Waals surface area contributed by atoms with Crippen LogP contribution >= 0.6 is 12.2 Å². The standard InChI is InChI=1S/C20H25N3OS/c1-12-10-16(22-19(21)25)11-13(2)17(12)23-18(24)14-6-8-15(9-7-14)20(3,4)5/h6-11H,1-5H3,(H,23,24)(H3,21,22,25). The number of nitrogens with one attached hydrogen (secondary N) is 2. The number of carbonyl (C=O) groups excluding carboxylic acids is 1. The molecule has 0 atom stereocenters. The van der Waals surface area contributed by atoms with Crippen LogP contribution in [0.25, 0.3) is 0 Å². The Labute approximate surface area is 154 Å². The van der Waals surface area contributed by atoms with E-state index in [9.17, 15) is 4.79 Å². The molecule has 132 valence electrons. The molecule has 0 saturated carbocycles. The largest absolute Gasteiger partial charge is 0.376 e. The molecule has 0 radical (unpaired) electrons. The number of hydrogen-bond donors (Lipinski definition) is 3. The van der Waals surface area contributed by atoms with Gasteiger partial charge < -0.3 is 16.4 Å². The van der Waals surface area contributed by atoms with Crippen molar-refractivity contribution >= 4 is 34.6 Å². The van der Waals surface area contributed by atoms with Gasteiger partial charge in [-0.1, -0.05) is 32.9 Å². The lowest BCUT2D eigenvalue weighted by Gasteiger charge is -2.19. The van der Waals surface area contributed by atoms with Gasteiger partial charge in [0.2, 0.25) is 0 Å². The van der Waals surface area contributed by atoms with Gasteiger partial charge in [0.25, 0.3) is 5.91 Å². The molecule has 0 saturated heterocycles. The van der Waals surface area contributed by atoms with Gasteiger partial charge in [-0.15, -0.1) is 0 Å². The highest BCUT2D eigenvalue weighted by atomic mass is 32.1. The third-order valence-electron chi connectivity index (χ3n) is 4.05. The van der Waals surface area contributed by atoms with Gasteiger partial charge in [0.1, 0.15) is 0 Å². The molecule has 0 unspecified atom stereocenters. The first-order valence-electron chi connectivity index (χ1n) is 8.17. The van der Waals surface area contributed by atoms with Crippen molar-refractivity contribution < 1.29 is 4.79 Å². The van der Waals surface area contributed by atoms with Crippen LogP contribution in [-0.2, 0) is 5.41 Å². The molecular weight excluding hydrogens is 330 g/mol. The lowest BCUT2D eigenvalue weighted by molar-refractivity contribution is 0.102. The Balaban J connectivity index is 2.21. The van der Waals surface area contributed by atoms with Crippen molar-refractivity contribution in [3.05, 3.63) is 58.7 Å². The molecule has 0 aliphatic rings. The first kappa shape index (κ1) is 18.9. The second-order valence-corrected chi connectivity index (χ2v) is 7.70. The van der Waals surface area contributed by atoms with Gasteiger partial charge in [-0.2, -0.15) is 0 Å². The highest BCUT2D eigenvalue weighted by Crippen LogP contribution is 2.26. The third kappa shape index (κ3) is 4.79. The van der Waals surface area contributed by atoms with E-state index in [2.05, 4.69) is 31.4 Å². The summed E-state index contributed by atoms with van der Waals surface area (Å²) in [6.07, 6.45) is 0. The van der Waals surface area contributed by atoms with Gasteiger partial charge in [0.05, 0.1) is 0 Å². The zero-order valence-electron chi connectivity index (χ0n) is 15.4. The summed E-state index contributed by atoms with van der Waals surface area (Å²) >= 11 is 4.86. The molecular formula is C20H25N3OS. The fraction of sp³-hybridized carbons (Fsp3) is 0.300. The molecule has 0 spiro atoms. The summed E-state index contributed by atoms with van der Waals surface area (Å²) in [5.74, 6) is -0.123. The van der Waals surface area contributed by atoms with Crippen LogP contribution in [0.1, 0.15) is 47.8 Å². The molecule has 0 heterocycles. The summed E-state index contributed by atoms with van der Waals surface area (Å²) in [6, 6.07) is 11.6. The van der Waals surface area contributed by atoms with E-state index in [1.54, 1.807) is 0 Å². The van der Waals surface area contributed by atoms with Crippen LogP contribution in [0.3, 0.4) is 0 Å². The average Bonchev–Trinajstić information content (AvgIpc) is 2.49. The number of amides is 1. The summed E-state index contributed by atoms with van der Waals surface area (Å²) < 4.78 is 0. The van der Waals surface area contributed by atoms with Crippen LogP contribution in [-0.4, -0.2) is 11.0 Å². The first-order valence-corrected chi connectivity index (χ1v) is 8.58. The predicted molar refractivity (Wildman–Crippen MR) is 109 cm³/mol. The molecule has 0 bridgehead atoms. The van der Waals surface area contributed by atoms with Crippen molar-refractivity contribution in [2.45, 2.75) is 40.0 Å². The van der Waals surface area contributed by atoms with Crippen LogP contribution in [0.4, 0.5) is 11.4 Å². The lowest BCUT2D eigenvalue weighted by Crippen LogP contribution is -2.19. The van der Waals surface area contributed by atoms with E-state index >= 15 is 0 Å². The van der Waals surface area contributed by atoms with Crippen LogP contribution < -0.4 is 16.4 Å². The molecule has 0 aliphatic heterocycles. The Bertz CT molecular complexity index is 782. The fourth-order valence-corrected chi connectivity index (χ4v) is 2.80. The maximum Gasteiger partial charge on any atom is 0.255 e. The number of hydrogen-bond acceptors (Lipinski definition) is 2. The second-order valence-electron chi connectivity index (χ2n) is 7.26. The molecule has 2 rings (SSSR count). The highest BCUT2D eigenvalue weighted by Gasteiger charge is 2.15. The van der Waals surface area contributed by atoms with Crippen LogP contribution in [0.2, 0.25) is 0 Å². The minimum atomic E-state index is -0.123. The van der Waals surface area contributed by atoms with Gasteiger partial charge in [0.15, 0.2) is 5.11 Å². The second kappa shape index (κ2) is 7.23. The average molecular weight is 356 g/mol. The van der Waals surface area contributed by atoms with Crippen LogP contribution in [0.15, 0.2) is 36.4 Å². The predicted octanol–water partition coefficient (Wildman–Crippen LogP) is 4.51. The van der Waals surface area contributed by atoms with Crippen molar-refractivity contribution in [1.29, 1.82) is 0 Å². The number of benzene rings is 2. The van der Waals surface area contributed by atoms with Crippen molar-refractivity contribution in [3.8, 4) is 0 Å².